The molecular formula is C35H42N8. The minimum atomic E-state index is -0.0983. The molecule has 0 bridgehead atoms. The number of aromatic nitrogens is 4. The minimum Gasteiger partial charge on any atom is -0.356 e. The number of aryl methyl sites for hydroxylation is 2. The Labute approximate surface area is 255 Å². The van der Waals surface area contributed by atoms with Crippen molar-refractivity contribution in [3.63, 3.8) is 0 Å². The zero-order chi connectivity index (χ0) is 30.6. The minimum absolute atomic E-state index is 0.0983. The van der Waals surface area contributed by atoms with Gasteiger partial charge in [0.05, 0.1) is 22.5 Å². The molecule has 8 nitrogen and oxygen atoms in total. The Morgan fingerprint density at radius 2 is 1.65 bits per heavy atom. The highest BCUT2D eigenvalue weighted by atomic mass is 15.3. The SMILES string of the molecule is C=C(Nc1ccc(CN2CCN(C)CC2)cc1)c1ccc(C)c(C#Cc2cnc(Nc3cn(C(C)(C)C)nc3C)nc2)c1. The molecule has 222 valence electrons. The zero-order valence-corrected chi connectivity index (χ0v) is 26.2. The second-order valence-corrected chi connectivity index (χ2v) is 12.3. The standard InChI is InChI=1S/C35H42N8/c1-25-8-12-31(26(2)38-32-14-10-28(11-15-32)23-42-18-16-41(7)17-19-42)20-30(25)13-9-29-21-36-34(37-22-29)39-33-24-43(35(4,5)6)40-27(33)3/h8,10-12,14-15,20-22,24,38H,2,16-19,23H2,1,3-7H3,(H,36,37,39). The number of nitrogens with one attached hydrogen (secondary N) is 2. The fourth-order valence-corrected chi connectivity index (χ4v) is 4.79. The molecule has 1 fully saturated rings. The van der Waals surface area contributed by atoms with Crippen LogP contribution in [0.1, 0.15) is 54.3 Å². The van der Waals surface area contributed by atoms with Gasteiger partial charge in [-0.15, -0.1) is 0 Å². The summed E-state index contributed by atoms with van der Waals surface area (Å²) in [5.41, 5.74) is 8.64. The molecule has 1 aliphatic rings. The van der Waals surface area contributed by atoms with Gasteiger partial charge in [-0.05, 0) is 76.6 Å². The third kappa shape index (κ3) is 7.89. The average molecular weight is 575 g/mol. The van der Waals surface area contributed by atoms with Crippen molar-refractivity contribution in [1.29, 1.82) is 0 Å². The van der Waals surface area contributed by atoms with Gasteiger partial charge in [0.25, 0.3) is 0 Å². The molecule has 0 spiro atoms. The van der Waals surface area contributed by atoms with Crippen LogP contribution in [0.3, 0.4) is 0 Å². The predicted molar refractivity (Wildman–Crippen MR) is 176 cm³/mol. The van der Waals surface area contributed by atoms with Crippen molar-refractivity contribution < 1.29 is 0 Å². The monoisotopic (exact) mass is 574 g/mol. The Morgan fingerprint density at radius 1 is 0.953 bits per heavy atom. The summed E-state index contributed by atoms with van der Waals surface area (Å²) < 4.78 is 1.94. The molecule has 3 heterocycles. The van der Waals surface area contributed by atoms with Crippen LogP contribution in [0, 0.1) is 25.7 Å². The highest BCUT2D eigenvalue weighted by molar-refractivity contribution is 5.76. The lowest BCUT2D eigenvalue weighted by Crippen LogP contribution is -2.43. The first-order chi connectivity index (χ1) is 20.5. The summed E-state index contributed by atoms with van der Waals surface area (Å²) in [6.07, 6.45) is 5.45. The molecule has 0 unspecified atom stereocenters. The fourth-order valence-electron chi connectivity index (χ4n) is 4.79. The van der Waals surface area contributed by atoms with Gasteiger partial charge in [0, 0.05) is 68.3 Å². The smallest absolute Gasteiger partial charge is 0.227 e. The normalized spacial score (nSPS) is 14.2. The second-order valence-electron chi connectivity index (χ2n) is 12.3. The van der Waals surface area contributed by atoms with Crippen LogP contribution >= 0.6 is 0 Å². The zero-order valence-electron chi connectivity index (χ0n) is 26.2. The molecule has 1 aliphatic heterocycles. The number of anilines is 3. The van der Waals surface area contributed by atoms with Crippen molar-refractivity contribution >= 4 is 23.0 Å². The van der Waals surface area contributed by atoms with Crippen LogP contribution in [0.15, 0.2) is 67.6 Å². The third-order valence-electron chi connectivity index (χ3n) is 7.66. The van der Waals surface area contributed by atoms with Crippen molar-refractivity contribution in [2.45, 2.75) is 46.7 Å². The van der Waals surface area contributed by atoms with Crippen LogP contribution in [-0.4, -0.2) is 62.8 Å². The number of piperazine rings is 1. The van der Waals surface area contributed by atoms with Gasteiger partial charge in [-0.3, -0.25) is 9.58 Å². The van der Waals surface area contributed by atoms with E-state index in [2.05, 4.69) is 131 Å². The summed E-state index contributed by atoms with van der Waals surface area (Å²) in [4.78, 5) is 13.8. The van der Waals surface area contributed by atoms with Crippen LogP contribution in [0.2, 0.25) is 0 Å². The highest BCUT2D eigenvalue weighted by Crippen LogP contribution is 2.23. The van der Waals surface area contributed by atoms with Crippen LogP contribution in [-0.2, 0) is 12.1 Å². The van der Waals surface area contributed by atoms with E-state index in [0.29, 0.717) is 5.95 Å². The fraction of sp³-hybridized carbons (Fsp3) is 0.343. The summed E-state index contributed by atoms with van der Waals surface area (Å²) in [6.45, 7) is 20.2. The van der Waals surface area contributed by atoms with E-state index in [1.54, 1.807) is 12.4 Å². The number of nitrogens with zero attached hydrogens (tertiary/aromatic N) is 6. The Bertz CT molecular complexity index is 1620. The van der Waals surface area contributed by atoms with E-state index in [1.807, 2.05) is 17.8 Å². The van der Waals surface area contributed by atoms with Gasteiger partial charge < -0.3 is 15.5 Å². The van der Waals surface area contributed by atoms with Gasteiger partial charge in [-0.25, -0.2) is 9.97 Å². The molecular weight excluding hydrogens is 532 g/mol. The Balaban J connectivity index is 1.20. The summed E-state index contributed by atoms with van der Waals surface area (Å²) >= 11 is 0. The lowest BCUT2D eigenvalue weighted by Gasteiger charge is -2.32. The first kappa shape index (κ1) is 30.0. The molecule has 4 aromatic rings. The van der Waals surface area contributed by atoms with Crippen LogP contribution < -0.4 is 10.6 Å². The van der Waals surface area contributed by atoms with Crippen molar-refractivity contribution in [1.82, 2.24) is 29.5 Å². The third-order valence-corrected chi connectivity index (χ3v) is 7.66. The molecule has 0 aliphatic carbocycles. The van der Waals surface area contributed by atoms with Gasteiger partial charge in [-0.1, -0.05) is 42.7 Å². The first-order valence-electron chi connectivity index (χ1n) is 14.8. The number of hydrogen-bond donors (Lipinski definition) is 2. The molecule has 8 heteroatoms. The summed E-state index contributed by atoms with van der Waals surface area (Å²) in [5.74, 6) is 7.01. The van der Waals surface area contributed by atoms with Crippen molar-refractivity contribution in [2.24, 2.45) is 0 Å². The first-order valence-corrected chi connectivity index (χ1v) is 14.8. The largest absolute Gasteiger partial charge is 0.356 e. The van der Waals surface area contributed by atoms with Crippen LogP contribution in [0.5, 0.6) is 0 Å². The van der Waals surface area contributed by atoms with E-state index >= 15 is 0 Å². The summed E-state index contributed by atoms with van der Waals surface area (Å²) in [6, 6.07) is 14.9. The molecule has 2 aromatic heterocycles. The van der Waals surface area contributed by atoms with Crippen molar-refractivity contribution in [3.05, 3.63) is 101 Å². The average Bonchev–Trinajstić information content (AvgIpc) is 3.36. The van der Waals surface area contributed by atoms with Crippen molar-refractivity contribution in [2.75, 3.05) is 43.9 Å². The van der Waals surface area contributed by atoms with E-state index in [-0.39, 0.29) is 5.54 Å². The van der Waals surface area contributed by atoms with E-state index < -0.39 is 0 Å². The number of likely N-dealkylation sites (N-methyl/N-ethyl adjacent to an activating group) is 1. The molecule has 5 rings (SSSR count). The maximum absolute atomic E-state index is 4.60. The molecule has 43 heavy (non-hydrogen) atoms. The second kappa shape index (κ2) is 12.8. The molecule has 0 atom stereocenters. The van der Waals surface area contributed by atoms with E-state index in [1.165, 1.54) is 5.56 Å². The van der Waals surface area contributed by atoms with E-state index in [0.717, 1.165) is 77.7 Å². The van der Waals surface area contributed by atoms with E-state index in [4.69, 9.17) is 0 Å². The number of benzene rings is 2. The topological polar surface area (TPSA) is 74.1 Å². The number of hydrogen-bond acceptors (Lipinski definition) is 7. The number of rotatable bonds is 7. The lowest BCUT2D eigenvalue weighted by molar-refractivity contribution is 0.148. The van der Waals surface area contributed by atoms with Gasteiger partial charge >= 0.3 is 0 Å². The molecule has 2 N–H and O–H groups in total. The lowest BCUT2D eigenvalue weighted by atomic mass is 10.0. The molecule has 0 saturated carbocycles. The molecule has 1 saturated heterocycles. The summed E-state index contributed by atoms with van der Waals surface area (Å²) in [7, 11) is 2.19. The van der Waals surface area contributed by atoms with Crippen LogP contribution in [0.4, 0.5) is 17.3 Å². The van der Waals surface area contributed by atoms with Crippen molar-refractivity contribution in [3.8, 4) is 11.8 Å². The highest BCUT2D eigenvalue weighted by Gasteiger charge is 2.17. The quantitative estimate of drug-likeness (QED) is 0.262. The molecule has 2 aromatic carbocycles. The van der Waals surface area contributed by atoms with Gasteiger partial charge in [0.2, 0.25) is 5.95 Å². The Hall–Kier alpha value is -4.45. The maximum atomic E-state index is 4.60. The molecule has 0 radical (unpaired) electrons. The summed E-state index contributed by atoms with van der Waals surface area (Å²) in [5, 5.41) is 11.3. The maximum Gasteiger partial charge on any atom is 0.227 e. The van der Waals surface area contributed by atoms with Crippen LogP contribution in [0.25, 0.3) is 5.70 Å². The van der Waals surface area contributed by atoms with Gasteiger partial charge in [0.1, 0.15) is 0 Å². The van der Waals surface area contributed by atoms with Gasteiger partial charge in [-0.2, -0.15) is 5.10 Å². The Kier molecular flexibility index (Phi) is 8.95. The van der Waals surface area contributed by atoms with Gasteiger partial charge in [0.15, 0.2) is 0 Å². The van der Waals surface area contributed by atoms with E-state index in [9.17, 15) is 0 Å². The Morgan fingerprint density at radius 3 is 2.30 bits per heavy atom. The molecule has 0 amide bonds. The predicted octanol–water partition coefficient (Wildman–Crippen LogP) is 6.02.